The molecule has 1 aromatic rings. The number of esters is 1. The van der Waals surface area contributed by atoms with Crippen LogP contribution >= 0.6 is 0 Å². The third-order valence-corrected chi connectivity index (χ3v) is 2.60. The smallest absolute Gasteiger partial charge is 0.307 e. The molecule has 20 heavy (non-hydrogen) atoms. The second-order valence-electron chi connectivity index (χ2n) is 4.14. The van der Waals surface area contributed by atoms with Crippen LogP contribution < -0.4 is 16.4 Å². The van der Waals surface area contributed by atoms with Crippen LogP contribution in [0.2, 0.25) is 0 Å². The van der Waals surface area contributed by atoms with Gasteiger partial charge in [0.1, 0.15) is 0 Å². The maximum Gasteiger partial charge on any atom is 0.307 e. The number of carbonyl (C=O) groups excluding carboxylic acids is 2. The van der Waals surface area contributed by atoms with E-state index in [4.69, 9.17) is 10.5 Å². The predicted molar refractivity (Wildman–Crippen MR) is 78.6 cm³/mol. The fraction of sp³-hybridized carbons (Fsp3) is 0.429. The molecule has 0 bridgehead atoms. The van der Waals surface area contributed by atoms with Crippen molar-refractivity contribution >= 4 is 23.3 Å². The molecule has 0 atom stereocenters. The van der Waals surface area contributed by atoms with Gasteiger partial charge in [0.25, 0.3) is 5.91 Å². The number of hydrogen-bond donors (Lipinski definition) is 3. The number of ether oxygens (including phenoxy) is 1. The molecule has 0 saturated heterocycles. The van der Waals surface area contributed by atoms with Crippen LogP contribution in [0.15, 0.2) is 18.2 Å². The molecular formula is C14H21N3O3. The summed E-state index contributed by atoms with van der Waals surface area (Å²) in [6, 6.07) is 5.00. The van der Waals surface area contributed by atoms with Crippen LogP contribution in [0.3, 0.4) is 0 Å². The molecule has 0 aromatic heterocycles. The van der Waals surface area contributed by atoms with Gasteiger partial charge in [0, 0.05) is 18.7 Å². The number of amides is 1. The number of hydrogen-bond acceptors (Lipinski definition) is 5. The second kappa shape index (κ2) is 8.04. The lowest BCUT2D eigenvalue weighted by Crippen LogP contribution is -2.22. The molecule has 110 valence electrons. The number of carbonyl (C=O) groups is 2. The van der Waals surface area contributed by atoms with Gasteiger partial charge in [-0.05, 0) is 32.0 Å². The van der Waals surface area contributed by atoms with Crippen LogP contribution in [0.5, 0.6) is 0 Å². The quantitative estimate of drug-likeness (QED) is 0.518. The first-order chi connectivity index (χ1) is 9.58. The van der Waals surface area contributed by atoms with Crippen LogP contribution in [0.4, 0.5) is 11.4 Å². The van der Waals surface area contributed by atoms with Crippen molar-refractivity contribution < 1.29 is 14.3 Å². The average Bonchev–Trinajstić information content (AvgIpc) is 2.41. The van der Waals surface area contributed by atoms with Crippen LogP contribution in [0.1, 0.15) is 30.6 Å². The zero-order valence-corrected chi connectivity index (χ0v) is 11.9. The SMILES string of the molecule is CCNC(=O)c1ccc(N)c(NCCC(=O)OCC)c1. The topological polar surface area (TPSA) is 93.5 Å². The van der Waals surface area contributed by atoms with E-state index in [1.54, 1.807) is 25.1 Å². The first-order valence-electron chi connectivity index (χ1n) is 6.65. The third-order valence-electron chi connectivity index (χ3n) is 2.60. The van der Waals surface area contributed by atoms with Crippen molar-refractivity contribution in [1.29, 1.82) is 0 Å². The second-order valence-corrected chi connectivity index (χ2v) is 4.14. The van der Waals surface area contributed by atoms with Crippen molar-refractivity contribution in [1.82, 2.24) is 5.32 Å². The first kappa shape index (κ1) is 15.8. The third kappa shape index (κ3) is 4.79. The summed E-state index contributed by atoms with van der Waals surface area (Å²) < 4.78 is 4.83. The van der Waals surface area contributed by atoms with Crippen LogP contribution in [-0.2, 0) is 9.53 Å². The van der Waals surface area contributed by atoms with E-state index in [0.29, 0.717) is 36.6 Å². The Kier molecular flexibility index (Phi) is 6.36. The lowest BCUT2D eigenvalue weighted by Gasteiger charge is -2.11. The number of anilines is 2. The van der Waals surface area contributed by atoms with Crippen molar-refractivity contribution in [2.75, 3.05) is 30.7 Å². The van der Waals surface area contributed by atoms with Crippen LogP contribution in [0.25, 0.3) is 0 Å². The van der Waals surface area contributed by atoms with Gasteiger partial charge in [-0.25, -0.2) is 0 Å². The van der Waals surface area contributed by atoms with E-state index in [2.05, 4.69) is 10.6 Å². The lowest BCUT2D eigenvalue weighted by molar-refractivity contribution is -0.142. The minimum atomic E-state index is -0.265. The number of nitrogen functional groups attached to an aromatic ring is 1. The van der Waals surface area contributed by atoms with Crippen molar-refractivity contribution in [3.8, 4) is 0 Å². The summed E-state index contributed by atoms with van der Waals surface area (Å²) in [7, 11) is 0. The highest BCUT2D eigenvalue weighted by atomic mass is 16.5. The minimum absolute atomic E-state index is 0.152. The number of benzene rings is 1. The summed E-state index contributed by atoms with van der Waals surface area (Å²) in [5.74, 6) is -0.417. The van der Waals surface area contributed by atoms with Gasteiger partial charge in [0.15, 0.2) is 0 Å². The Labute approximate surface area is 118 Å². The lowest BCUT2D eigenvalue weighted by atomic mass is 10.1. The van der Waals surface area contributed by atoms with Crippen molar-refractivity contribution in [3.63, 3.8) is 0 Å². The van der Waals surface area contributed by atoms with E-state index >= 15 is 0 Å². The molecular weight excluding hydrogens is 258 g/mol. The van der Waals surface area contributed by atoms with E-state index in [-0.39, 0.29) is 18.3 Å². The van der Waals surface area contributed by atoms with E-state index in [0.717, 1.165) is 0 Å². The fourth-order valence-electron chi connectivity index (χ4n) is 1.65. The predicted octanol–water partition coefficient (Wildman–Crippen LogP) is 1.38. The van der Waals surface area contributed by atoms with Crippen molar-refractivity contribution in [3.05, 3.63) is 23.8 Å². The Morgan fingerprint density at radius 1 is 1.30 bits per heavy atom. The van der Waals surface area contributed by atoms with Crippen LogP contribution in [0, 0.1) is 0 Å². The molecule has 1 aromatic carbocycles. The molecule has 1 rings (SSSR count). The van der Waals surface area contributed by atoms with E-state index < -0.39 is 0 Å². The maximum atomic E-state index is 11.7. The summed E-state index contributed by atoms with van der Waals surface area (Å²) >= 11 is 0. The summed E-state index contributed by atoms with van der Waals surface area (Å²) in [6.45, 7) is 4.96. The van der Waals surface area contributed by atoms with Gasteiger partial charge in [-0.1, -0.05) is 0 Å². The zero-order chi connectivity index (χ0) is 15.0. The monoisotopic (exact) mass is 279 g/mol. The van der Waals surface area contributed by atoms with Gasteiger partial charge < -0.3 is 21.1 Å². The molecule has 0 unspecified atom stereocenters. The molecule has 0 aliphatic rings. The van der Waals surface area contributed by atoms with E-state index in [9.17, 15) is 9.59 Å². The normalized spacial score (nSPS) is 9.90. The van der Waals surface area contributed by atoms with Crippen molar-refractivity contribution in [2.45, 2.75) is 20.3 Å². The summed E-state index contributed by atoms with van der Waals surface area (Å²) in [4.78, 5) is 22.9. The molecule has 0 saturated carbocycles. The molecule has 0 aliphatic carbocycles. The number of rotatable bonds is 7. The Morgan fingerprint density at radius 2 is 2.05 bits per heavy atom. The van der Waals surface area contributed by atoms with Gasteiger partial charge in [-0.2, -0.15) is 0 Å². The number of nitrogens with two attached hydrogens (primary N) is 1. The van der Waals surface area contributed by atoms with Gasteiger partial charge in [-0.3, -0.25) is 9.59 Å². The minimum Gasteiger partial charge on any atom is -0.466 e. The van der Waals surface area contributed by atoms with Gasteiger partial charge in [0.2, 0.25) is 0 Å². The number of nitrogens with one attached hydrogen (secondary N) is 2. The zero-order valence-electron chi connectivity index (χ0n) is 11.9. The standard InChI is InChI=1S/C14H21N3O3/c1-3-16-14(19)10-5-6-11(15)12(9-10)17-8-7-13(18)20-4-2/h5-6,9,17H,3-4,7-8,15H2,1-2H3,(H,16,19). The summed E-state index contributed by atoms with van der Waals surface area (Å²) in [5, 5.41) is 5.75. The molecule has 6 heteroatoms. The highest BCUT2D eigenvalue weighted by Gasteiger charge is 2.08. The van der Waals surface area contributed by atoms with Crippen LogP contribution in [-0.4, -0.2) is 31.6 Å². The van der Waals surface area contributed by atoms with E-state index in [1.807, 2.05) is 6.92 Å². The summed E-state index contributed by atoms with van der Waals surface area (Å²) in [5.41, 5.74) is 7.52. The Morgan fingerprint density at radius 3 is 2.70 bits per heavy atom. The van der Waals surface area contributed by atoms with Gasteiger partial charge in [0.05, 0.1) is 24.4 Å². The molecule has 0 fully saturated rings. The van der Waals surface area contributed by atoms with Crippen molar-refractivity contribution in [2.24, 2.45) is 0 Å². The Bertz CT molecular complexity index is 475. The molecule has 1 amide bonds. The maximum absolute atomic E-state index is 11.7. The highest BCUT2D eigenvalue weighted by molar-refractivity contribution is 5.96. The molecule has 0 heterocycles. The fourth-order valence-corrected chi connectivity index (χ4v) is 1.65. The molecule has 0 aliphatic heterocycles. The summed E-state index contributed by atoms with van der Waals surface area (Å²) in [6.07, 6.45) is 0.249. The Hall–Kier alpha value is -2.24. The molecule has 4 N–H and O–H groups in total. The van der Waals surface area contributed by atoms with Gasteiger partial charge in [-0.15, -0.1) is 0 Å². The van der Waals surface area contributed by atoms with Gasteiger partial charge >= 0.3 is 5.97 Å². The first-order valence-corrected chi connectivity index (χ1v) is 6.65. The Balaban J connectivity index is 2.62. The molecule has 6 nitrogen and oxygen atoms in total. The average molecular weight is 279 g/mol. The molecule has 0 radical (unpaired) electrons. The molecule has 0 spiro atoms. The largest absolute Gasteiger partial charge is 0.466 e. The van der Waals surface area contributed by atoms with E-state index in [1.165, 1.54) is 0 Å². The highest BCUT2D eigenvalue weighted by Crippen LogP contribution is 2.20.